The van der Waals surface area contributed by atoms with Gasteiger partial charge in [-0.2, -0.15) is 0 Å². The molecule has 0 heterocycles. The standard InChI is InChI=1S/C17H22F2N2O3/c1-21(13-3-2-4-13)10-15(22)20-14(17(23)24)9-11-5-7-12(8-6-11)16(18)19/h5-8,13-14,16H,2-4,9-10H2,1H3,(H,20,22)(H,23,24). The monoisotopic (exact) mass is 340 g/mol. The summed E-state index contributed by atoms with van der Waals surface area (Å²) >= 11 is 0. The van der Waals surface area contributed by atoms with E-state index in [9.17, 15) is 23.5 Å². The first-order valence-corrected chi connectivity index (χ1v) is 7.96. The van der Waals surface area contributed by atoms with Crippen molar-refractivity contribution in [1.29, 1.82) is 0 Å². The lowest BCUT2D eigenvalue weighted by Gasteiger charge is -2.34. The molecule has 0 bridgehead atoms. The predicted octanol–water partition coefficient (Wildman–Crippen LogP) is 2.22. The van der Waals surface area contributed by atoms with E-state index in [1.54, 1.807) is 0 Å². The second-order valence-electron chi connectivity index (χ2n) is 6.20. The zero-order valence-corrected chi connectivity index (χ0v) is 13.5. The highest BCUT2D eigenvalue weighted by molar-refractivity contribution is 5.84. The number of hydrogen-bond donors (Lipinski definition) is 2. The highest BCUT2D eigenvalue weighted by atomic mass is 19.3. The maximum atomic E-state index is 12.5. The van der Waals surface area contributed by atoms with Crippen LogP contribution in [0.1, 0.15) is 36.8 Å². The minimum Gasteiger partial charge on any atom is -0.480 e. The van der Waals surface area contributed by atoms with Crippen LogP contribution in [-0.4, -0.2) is 47.6 Å². The molecule has 0 saturated heterocycles. The number of carboxylic acids is 1. The number of rotatable bonds is 8. The van der Waals surface area contributed by atoms with E-state index in [-0.39, 0.29) is 24.4 Å². The number of alkyl halides is 2. The lowest BCUT2D eigenvalue weighted by molar-refractivity contribution is -0.142. The third kappa shape index (κ3) is 4.99. The van der Waals surface area contributed by atoms with Crippen LogP contribution in [-0.2, 0) is 16.0 Å². The van der Waals surface area contributed by atoms with Gasteiger partial charge in [-0.25, -0.2) is 13.6 Å². The van der Waals surface area contributed by atoms with Gasteiger partial charge in [-0.3, -0.25) is 9.69 Å². The molecule has 1 aliphatic carbocycles. The van der Waals surface area contributed by atoms with Gasteiger partial charge in [-0.05, 0) is 25.5 Å². The van der Waals surface area contributed by atoms with Crippen molar-refractivity contribution >= 4 is 11.9 Å². The van der Waals surface area contributed by atoms with E-state index in [4.69, 9.17) is 0 Å². The molecule has 7 heteroatoms. The summed E-state index contributed by atoms with van der Waals surface area (Å²) < 4.78 is 25.1. The van der Waals surface area contributed by atoms with Crippen LogP contribution < -0.4 is 5.32 Å². The minimum absolute atomic E-state index is 0.0533. The molecule has 1 aromatic rings. The van der Waals surface area contributed by atoms with Crippen molar-refractivity contribution in [2.45, 2.75) is 44.2 Å². The molecule has 2 rings (SSSR count). The number of halogens is 2. The van der Waals surface area contributed by atoms with Crippen molar-refractivity contribution in [3.63, 3.8) is 0 Å². The first-order chi connectivity index (χ1) is 11.4. The fourth-order valence-electron chi connectivity index (χ4n) is 2.66. The van der Waals surface area contributed by atoms with Gasteiger partial charge in [0.05, 0.1) is 6.54 Å². The number of nitrogens with zero attached hydrogens (tertiary/aromatic N) is 1. The maximum absolute atomic E-state index is 12.5. The van der Waals surface area contributed by atoms with Crippen LogP contribution in [0, 0.1) is 0 Å². The Morgan fingerprint density at radius 1 is 1.29 bits per heavy atom. The molecule has 1 atom stereocenters. The average Bonchev–Trinajstić information content (AvgIpc) is 2.44. The Hall–Kier alpha value is -2.02. The second kappa shape index (κ2) is 8.19. The van der Waals surface area contributed by atoms with Gasteiger partial charge in [-0.15, -0.1) is 0 Å². The number of carbonyl (C=O) groups excluding carboxylic acids is 1. The minimum atomic E-state index is -2.56. The van der Waals surface area contributed by atoms with E-state index in [1.165, 1.54) is 24.3 Å². The predicted molar refractivity (Wildman–Crippen MR) is 84.9 cm³/mol. The normalized spacial score (nSPS) is 16.0. The van der Waals surface area contributed by atoms with Crippen molar-refractivity contribution in [1.82, 2.24) is 10.2 Å². The SMILES string of the molecule is CN(CC(=O)NC(Cc1ccc(C(F)F)cc1)C(=O)O)C1CCC1. The molecule has 1 aromatic carbocycles. The third-order valence-electron chi connectivity index (χ3n) is 4.40. The Morgan fingerprint density at radius 2 is 1.92 bits per heavy atom. The summed E-state index contributed by atoms with van der Waals surface area (Å²) in [6.07, 6.45) is 0.766. The van der Waals surface area contributed by atoms with E-state index in [0.29, 0.717) is 11.6 Å². The summed E-state index contributed by atoms with van der Waals surface area (Å²) in [6, 6.07) is 4.77. The molecule has 1 unspecified atom stereocenters. The Morgan fingerprint density at radius 3 is 2.38 bits per heavy atom. The van der Waals surface area contributed by atoms with Crippen LogP contribution in [0.25, 0.3) is 0 Å². The number of carboxylic acid groups (broad SMARTS) is 1. The number of carbonyl (C=O) groups is 2. The first kappa shape index (κ1) is 18.3. The molecule has 0 spiro atoms. The molecule has 0 aromatic heterocycles. The molecule has 1 amide bonds. The zero-order valence-electron chi connectivity index (χ0n) is 13.5. The molecular weight excluding hydrogens is 318 g/mol. The van der Waals surface area contributed by atoms with Gasteiger partial charge in [-0.1, -0.05) is 30.7 Å². The Labute approximate surface area is 139 Å². The summed E-state index contributed by atoms with van der Waals surface area (Å²) in [5, 5.41) is 11.8. The fourth-order valence-corrected chi connectivity index (χ4v) is 2.66. The Balaban J connectivity index is 1.91. The van der Waals surface area contributed by atoms with Crippen LogP contribution >= 0.6 is 0 Å². The number of likely N-dealkylation sites (N-methyl/N-ethyl adjacent to an activating group) is 1. The molecule has 2 N–H and O–H groups in total. The Kier molecular flexibility index (Phi) is 6.25. The summed E-state index contributed by atoms with van der Waals surface area (Å²) in [7, 11) is 1.85. The molecule has 0 aliphatic heterocycles. The zero-order chi connectivity index (χ0) is 17.7. The van der Waals surface area contributed by atoms with E-state index < -0.39 is 18.4 Å². The van der Waals surface area contributed by atoms with E-state index in [0.717, 1.165) is 19.3 Å². The van der Waals surface area contributed by atoms with Crippen molar-refractivity contribution in [2.75, 3.05) is 13.6 Å². The van der Waals surface area contributed by atoms with Crippen LogP contribution in [0.4, 0.5) is 8.78 Å². The third-order valence-corrected chi connectivity index (χ3v) is 4.40. The fraction of sp³-hybridized carbons (Fsp3) is 0.529. The van der Waals surface area contributed by atoms with E-state index in [2.05, 4.69) is 5.32 Å². The number of hydrogen-bond acceptors (Lipinski definition) is 3. The lowest BCUT2D eigenvalue weighted by Crippen LogP contribution is -2.48. The van der Waals surface area contributed by atoms with Crippen molar-refractivity contribution in [3.8, 4) is 0 Å². The summed E-state index contributed by atoms with van der Waals surface area (Å²) in [4.78, 5) is 25.3. The van der Waals surface area contributed by atoms with Crippen molar-refractivity contribution in [3.05, 3.63) is 35.4 Å². The molecular formula is C17H22F2N2O3. The van der Waals surface area contributed by atoms with Gasteiger partial charge in [0.15, 0.2) is 0 Å². The molecule has 1 saturated carbocycles. The molecule has 5 nitrogen and oxygen atoms in total. The number of benzene rings is 1. The maximum Gasteiger partial charge on any atom is 0.326 e. The molecule has 24 heavy (non-hydrogen) atoms. The highest BCUT2D eigenvalue weighted by Crippen LogP contribution is 2.23. The topological polar surface area (TPSA) is 69.6 Å². The van der Waals surface area contributed by atoms with Crippen LogP contribution in [0.3, 0.4) is 0 Å². The van der Waals surface area contributed by atoms with E-state index >= 15 is 0 Å². The van der Waals surface area contributed by atoms with E-state index in [1.807, 2.05) is 11.9 Å². The van der Waals surface area contributed by atoms with Crippen molar-refractivity contribution in [2.24, 2.45) is 0 Å². The van der Waals surface area contributed by atoms with Crippen LogP contribution in [0.5, 0.6) is 0 Å². The van der Waals surface area contributed by atoms with Gasteiger partial charge in [0, 0.05) is 18.0 Å². The Bertz CT molecular complexity index is 574. The number of nitrogens with one attached hydrogen (secondary N) is 1. The lowest BCUT2D eigenvalue weighted by atomic mass is 9.92. The van der Waals surface area contributed by atoms with Crippen LogP contribution in [0.15, 0.2) is 24.3 Å². The number of aliphatic carboxylic acids is 1. The molecule has 1 aliphatic rings. The van der Waals surface area contributed by atoms with Gasteiger partial charge < -0.3 is 10.4 Å². The van der Waals surface area contributed by atoms with Crippen LogP contribution in [0.2, 0.25) is 0 Å². The second-order valence-corrected chi connectivity index (χ2v) is 6.20. The first-order valence-electron chi connectivity index (χ1n) is 7.96. The summed E-state index contributed by atoms with van der Waals surface area (Å²) in [6.45, 7) is 0.152. The van der Waals surface area contributed by atoms with Gasteiger partial charge in [0.2, 0.25) is 5.91 Å². The summed E-state index contributed by atoms with van der Waals surface area (Å²) in [5.74, 6) is -1.49. The molecule has 132 valence electrons. The van der Waals surface area contributed by atoms with Crippen molar-refractivity contribution < 1.29 is 23.5 Å². The largest absolute Gasteiger partial charge is 0.480 e. The smallest absolute Gasteiger partial charge is 0.326 e. The van der Waals surface area contributed by atoms with Gasteiger partial charge in [0.25, 0.3) is 6.43 Å². The number of amides is 1. The molecule has 1 fully saturated rings. The van der Waals surface area contributed by atoms with Gasteiger partial charge in [0.1, 0.15) is 6.04 Å². The summed E-state index contributed by atoms with van der Waals surface area (Å²) in [5.41, 5.74) is 0.469. The van der Waals surface area contributed by atoms with Gasteiger partial charge >= 0.3 is 5.97 Å². The average molecular weight is 340 g/mol. The molecule has 0 radical (unpaired) electrons. The highest BCUT2D eigenvalue weighted by Gasteiger charge is 2.25. The quantitative estimate of drug-likeness (QED) is 0.761.